The molecule has 192 valence electrons. The Morgan fingerprint density at radius 1 is 1.00 bits per heavy atom. The van der Waals surface area contributed by atoms with E-state index in [2.05, 4.69) is 25.6 Å². The zero-order valence-corrected chi connectivity index (χ0v) is 22.5. The molecule has 34 heavy (non-hydrogen) atoms. The van der Waals surface area contributed by atoms with Gasteiger partial charge in [-0.15, -0.1) is 0 Å². The van der Waals surface area contributed by atoms with E-state index in [4.69, 9.17) is 4.74 Å². The Labute approximate surface area is 212 Å². The number of likely N-dealkylation sites (tertiary alicyclic amines) is 1. The first-order chi connectivity index (χ1) is 16.4. The lowest BCUT2D eigenvalue weighted by atomic mass is 9.83. The highest BCUT2D eigenvalue weighted by molar-refractivity contribution is 9.10. The first-order valence-electron chi connectivity index (χ1n) is 12.9. The molecule has 0 amide bonds. The summed E-state index contributed by atoms with van der Waals surface area (Å²) in [7, 11) is -3.39. The summed E-state index contributed by atoms with van der Waals surface area (Å²) in [6.45, 7) is 5.28. The molecule has 2 heterocycles. The van der Waals surface area contributed by atoms with Crippen molar-refractivity contribution >= 4 is 26.1 Å². The number of morpholine rings is 1. The van der Waals surface area contributed by atoms with Crippen LogP contribution in [0, 0.1) is 17.7 Å². The Morgan fingerprint density at radius 3 is 2.41 bits per heavy atom. The molecule has 1 aliphatic carbocycles. The molecule has 0 radical (unpaired) electrons. The fourth-order valence-corrected chi connectivity index (χ4v) is 7.51. The number of rotatable bonds is 9. The highest BCUT2D eigenvalue weighted by Gasteiger charge is 2.29. The molecule has 3 aliphatic rings. The van der Waals surface area contributed by atoms with E-state index in [-0.39, 0.29) is 11.9 Å². The molecular weight excluding hydrogens is 521 g/mol. The van der Waals surface area contributed by atoms with Gasteiger partial charge in [-0.3, -0.25) is 0 Å². The Bertz CT molecular complexity index is 881. The standard InChI is InChI=1S/C25H39BrFN3O3S/c26-25-8-5-23(27)19-22(25)18-21-9-12-29(13-10-21)11-1-2-20-3-6-24(7-4-20)28-34(31,32)30-14-16-33-17-15-30/h5,8,19-21,24,28H,1-4,6-7,9-18H2. The predicted molar refractivity (Wildman–Crippen MR) is 136 cm³/mol. The van der Waals surface area contributed by atoms with Crippen LogP contribution in [0.3, 0.4) is 0 Å². The number of hydrogen-bond donors (Lipinski definition) is 1. The molecule has 0 atom stereocenters. The van der Waals surface area contributed by atoms with E-state index in [1.165, 1.54) is 36.1 Å². The van der Waals surface area contributed by atoms with Crippen molar-refractivity contribution in [2.24, 2.45) is 11.8 Å². The Kier molecular flexibility index (Phi) is 9.81. The molecule has 9 heteroatoms. The molecule has 3 fully saturated rings. The number of benzene rings is 1. The summed E-state index contributed by atoms with van der Waals surface area (Å²) in [6.07, 6.45) is 9.86. The minimum Gasteiger partial charge on any atom is -0.379 e. The monoisotopic (exact) mass is 559 g/mol. The van der Waals surface area contributed by atoms with Gasteiger partial charge < -0.3 is 9.64 Å². The van der Waals surface area contributed by atoms with Gasteiger partial charge >= 0.3 is 0 Å². The van der Waals surface area contributed by atoms with Gasteiger partial charge in [0.25, 0.3) is 10.2 Å². The van der Waals surface area contributed by atoms with Crippen molar-refractivity contribution in [3.05, 3.63) is 34.1 Å². The molecule has 0 unspecified atom stereocenters. The predicted octanol–water partition coefficient (Wildman–Crippen LogP) is 4.35. The largest absolute Gasteiger partial charge is 0.379 e. The van der Waals surface area contributed by atoms with Gasteiger partial charge in [0.05, 0.1) is 13.2 Å². The zero-order chi connectivity index (χ0) is 24.0. The van der Waals surface area contributed by atoms with Crippen LogP contribution >= 0.6 is 15.9 Å². The number of ether oxygens (including phenoxy) is 1. The van der Waals surface area contributed by atoms with Crippen LogP contribution in [0.4, 0.5) is 4.39 Å². The number of nitrogens with one attached hydrogen (secondary N) is 1. The van der Waals surface area contributed by atoms with Gasteiger partial charge in [0.1, 0.15) is 5.82 Å². The van der Waals surface area contributed by atoms with Gasteiger partial charge in [0.2, 0.25) is 0 Å². The van der Waals surface area contributed by atoms with Crippen molar-refractivity contribution in [2.75, 3.05) is 45.9 Å². The Morgan fingerprint density at radius 2 is 1.71 bits per heavy atom. The van der Waals surface area contributed by atoms with Crippen molar-refractivity contribution in [3.63, 3.8) is 0 Å². The third-order valence-corrected chi connectivity index (χ3v) is 10.2. The SMILES string of the molecule is O=S(=O)(NC1CCC(CCCN2CCC(Cc3cc(F)ccc3Br)CC2)CC1)N1CCOCC1. The van der Waals surface area contributed by atoms with Crippen LogP contribution in [-0.4, -0.2) is 69.6 Å². The number of hydrogen-bond acceptors (Lipinski definition) is 4. The van der Waals surface area contributed by atoms with E-state index in [0.29, 0.717) is 38.1 Å². The molecule has 1 saturated carbocycles. The second-order valence-electron chi connectivity index (χ2n) is 10.2. The lowest BCUT2D eigenvalue weighted by Crippen LogP contribution is -2.50. The summed E-state index contributed by atoms with van der Waals surface area (Å²) in [5, 5.41) is 0. The highest BCUT2D eigenvalue weighted by Crippen LogP contribution is 2.30. The van der Waals surface area contributed by atoms with Crippen LogP contribution in [-0.2, 0) is 21.4 Å². The van der Waals surface area contributed by atoms with Crippen LogP contribution in [0.5, 0.6) is 0 Å². The summed E-state index contributed by atoms with van der Waals surface area (Å²) in [5.41, 5.74) is 1.08. The second-order valence-corrected chi connectivity index (χ2v) is 12.8. The Hall–Kier alpha value is -0.580. The fourth-order valence-electron chi connectivity index (χ4n) is 5.67. The minimum atomic E-state index is -3.39. The molecule has 1 N–H and O–H groups in total. The molecule has 4 rings (SSSR count). The molecule has 1 aromatic rings. The average molecular weight is 561 g/mol. The molecule has 0 bridgehead atoms. The maximum Gasteiger partial charge on any atom is 0.279 e. The lowest BCUT2D eigenvalue weighted by Gasteiger charge is -2.34. The van der Waals surface area contributed by atoms with Crippen molar-refractivity contribution in [1.29, 1.82) is 0 Å². The number of nitrogens with zero attached hydrogens (tertiary/aromatic N) is 2. The van der Waals surface area contributed by atoms with Gasteiger partial charge in [-0.05, 0) is 113 Å². The first kappa shape index (κ1) is 26.5. The van der Waals surface area contributed by atoms with Crippen LogP contribution < -0.4 is 4.72 Å². The van der Waals surface area contributed by atoms with Crippen molar-refractivity contribution in [3.8, 4) is 0 Å². The summed E-state index contributed by atoms with van der Waals surface area (Å²) in [6, 6.07) is 5.05. The van der Waals surface area contributed by atoms with Crippen molar-refractivity contribution < 1.29 is 17.5 Å². The summed E-state index contributed by atoms with van der Waals surface area (Å²) < 4.78 is 49.4. The molecule has 2 aliphatic heterocycles. The highest BCUT2D eigenvalue weighted by atomic mass is 79.9. The molecule has 1 aromatic carbocycles. The van der Waals surface area contributed by atoms with E-state index in [1.807, 2.05) is 6.07 Å². The lowest BCUT2D eigenvalue weighted by molar-refractivity contribution is 0.0721. The van der Waals surface area contributed by atoms with Gasteiger partial charge in [-0.1, -0.05) is 15.9 Å². The molecule has 2 saturated heterocycles. The maximum atomic E-state index is 13.6. The van der Waals surface area contributed by atoms with Crippen LogP contribution in [0.2, 0.25) is 0 Å². The van der Waals surface area contributed by atoms with Crippen LogP contribution in [0.1, 0.15) is 56.9 Å². The summed E-state index contributed by atoms with van der Waals surface area (Å²) >= 11 is 3.56. The fraction of sp³-hybridized carbons (Fsp3) is 0.760. The van der Waals surface area contributed by atoms with Crippen LogP contribution in [0.15, 0.2) is 22.7 Å². The summed E-state index contributed by atoms with van der Waals surface area (Å²) in [4.78, 5) is 2.58. The topological polar surface area (TPSA) is 61.9 Å². The summed E-state index contributed by atoms with van der Waals surface area (Å²) in [5.74, 6) is 1.19. The smallest absolute Gasteiger partial charge is 0.279 e. The van der Waals surface area contributed by atoms with E-state index < -0.39 is 10.2 Å². The minimum absolute atomic E-state index is 0.0706. The maximum absolute atomic E-state index is 13.6. The second kappa shape index (κ2) is 12.6. The third kappa shape index (κ3) is 7.71. The van der Waals surface area contributed by atoms with E-state index in [0.717, 1.165) is 61.8 Å². The number of piperidine rings is 1. The van der Waals surface area contributed by atoms with Crippen LogP contribution in [0.25, 0.3) is 0 Å². The van der Waals surface area contributed by atoms with Gasteiger partial charge in [-0.25, -0.2) is 4.39 Å². The van der Waals surface area contributed by atoms with Gasteiger partial charge in [0.15, 0.2) is 0 Å². The molecular formula is C25H39BrFN3O3S. The van der Waals surface area contributed by atoms with Gasteiger partial charge in [0, 0.05) is 23.6 Å². The van der Waals surface area contributed by atoms with E-state index in [9.17, 15) is 12.8 Å². The van der Waals surface area contributed by atoms with E-state index >= 15 is 0 Å². The molecule has 6 nitrogen and oxygen atoms in total. The van der Waals surface area contributed by atoms with E-state index in [1.54, 1.807) is 6.07 Å². The third-order valence-electron chi connectivity index (χ3n) is 7.78. The average Bonchev–Trinajstić information content (AvgIpc) is 2.84. The number of halogens is 2. The van der Waals surface area contributed by atoms with Crippen molar-refractivity contribution in [2.45, 2.75) is 63.8 Å². The normalized spacial score (nSPS) is 26.1. The quantitative estimate of drug-likeness (QED) is 0.488. The first-order valence-corrected chi connectivity index (χ1v) is 15.1. The van der Waals surface area contributed by atoms with Crippen molar-refractivity contribution in [1.82, 2.24) is 13.9 Å². The zero-order valence-electron chi connectivity index (χ0n) is 20.1. The molecule has 0 aromatic heterocycles. The Balaban J connectivity index is 1.09. The van der Waals surface area contributed by atoms with Gasteiger partial charge in [-0.2, -0.15) is 17.4 Å². The molecule has 0 spiro atoms.